The van der Waals surface area contributed by atoms with Crippen LogP contribution in [-0.2, 0) is 6.18 Å². The summed E-state index contributed by atoms with van der Waals surface area (Å²) in [5.74, 6) is 0.0983. The fraction of sp³-hybridized carbons (Fsp3) is 0.0625. The summed E-state index contributed by atoms with van der Waals surface area (Å²) in [6.07, 6.45) is -3.33. The second kappa shape index (κ2) is 5.80. The summed E-state index contributed by atoms with van der Waals surface area (Å²) in [7, 11) is 0. The molecule has 0 bridgehead atoms. The number of aromatic nitrogens is 1. The van der Waals surface area contributed by atoms with E-state index in [9.17, 15) is 23.3 Å². The Morgan fingerprint density at radius 1 is 1.08 bits per heavy atom. The molecular formula is C16H9F3N2O3. The van der Waals surface area contributed by atoms with E-state index in [1.807, 2.05) is 0 Å². The van der Waals surface area contributed by atoms with Crippen molar-refractivity contribution in [1.29, 1.82) is 0 Å². The first kappa shape index (κ1) is 15.7. The van der Waals surface area contributed by atoms with Gasteiger partial charge < -0.3 is 4.74 Å². The van der Waals surface area contributed by atoms with Crippen LogP contribution >= 0.6 is 0 Å². The van der Waals surface area contributed by atoms with Gasteiger partial charge in [0.15, 0.2) is 5.75 Å². The lowest BCUT2D eigenvalue weighted by atomic mass is 10.1. The molecule has 0 aliphatic heterocycles. The first-order chi connectivity index (χ1) is 11.4. The molecule has 122 valence electrons. The molecule has 0 unspecified atom stereocenters. The maximum Gasteiger partial charge on any atom is 0.423 e. The number of halogens is 3. The molecule has 0 N–H and O–H groups in total. The number of hydrogen-bond acceptors (Lipinski definition) is 4. The smallest absolute Gasteiger partial charge is 0.423 e. The van der Waals surface area contributed by atoms with Gasteiger partial charge in [0.25, 0.3) is 5.69 Å². The topological polar surface area (TPSA) is 65.3 Å². The molecule has 0 radical (unpaired) electrons. The molecule has 8 heteroatoms. The quantitative estimate of drug-likeness (QED) is 0.502. The van der Waals surface area contributed by atoms with Gasteiger partial charge in [0.1, 0.15) is 16.8 Å². The highest BCUT2D eigenvalue weighted by Gasteiger charge is 2.38. The van der Waals surface area contributed by atoms with Gasteiger partial charge in [-0.1, -0.05) is 18.2 Å². The van der Waals surface area contributed by atoms with Crippen LogP contribution in [0.2, 0.25) is 0 Å². The predicted molar refractivity (Wildman–Crippen MR) is 79.9 cm³/mol. The minimum absolute atomic E-state index is 0.161. The number of nitrogens with zero attached hydrogens (tertiary/aromatic N) is 2. The first-order valence-corrected chi connectivity index (χ1v) is 6.73. The number of hydrogen-bond donors (Lipinski definition) is 0. The summed E-state index contributed by atoms with van der Waals surface area (Å²) < 4.78 is 44.5. The van der Waals surface area contributed by atoms with Gasteiger partial charge in [0.05, 0.1) is 4.92 Å². The van der Waals surface area contributed by atoms with E-state index >= 15 is 0 Å². The fourth-order valence-corrected chi connectivity index (χ4v) is 2.25. The van der Waals surface area contributed by atoms with Gasteiger partial charge in [0.2, 0.25) is 0 Å². The van der Waals surface area contributed by atoms with Crippen LogP contribution in [0.4, 0.5) is 18.9 Å². The summed E-state index contributed by atoms with van der Waals surface area (Å²) in [6.45, 7) is 0. The molecule has 0 fully saturated rings. The largest absolute Gasteiger partial charge is 0.455 e. The Bertz CT molecular complexity index is 921. The number of para-hydroxylation sites is 1. The minimum atomic E-state index is -4.86. The molecule has 0 atom stereocenters. The standard InChI is InChI=1S/C16H9F3N2O3/c17-16(18,19)12-9-11(6-7-13(12)21(22)23)24-14-5-1-3-10-4-2-8-20-15(10)14/h1-9H. The van der Waals surface area contributed by atoms with Crippen LogP contribution in [0, 0.1) is 10.1 Å². The van der Waals surface area contributed by atoms with Crippen molar-refractivity contribution in [2.45, 2.75) is 6.18 Å². The predicted octanol–water partition coefficient (Wildman–Crippen LogP) is 4.95. The maximum atomic E-state index is 13.0. The number of fused-ring (bicyclic) bond motifs is 1. The van der Waals surface area contributed by atoms with Crippen LogP contribution in [0.5, 0.6) is 11.5 Å². The van der Waals surface area contributed by atoms with Crippen LogP contribution < -0.4 is 4.74 Å². The average Bonchev–Trinajstić information content (AvgIpc) is 2.54. The lowest BCUT2D eigenvalue weighted by Gasteiger charge is -2.11. The molecular weight excluding hydrogens is 325 g/mol. The van der Waals surface area contributed by atoms with E-state index < -0.39 is 22.4 Å². The third-order valence-corrected chi connectivity index (χ3v) is 3.29. The lowest BCUT2D eigenvalue weighted by Crippen LogP contribution is -2.09. The Morgan fingerprint density at radius 2 is 1.83 bits per heavy atom. The third-order valence-electron chi connectivity index (χ3n) is 3.29. The van der Waals surface area contributed by atoms with Gasteiger partial charge in [0, 0.05) is 17.6 Å². The number of nitro benzene ring substituents is 1. The number of alkyl halides is 3. The highest BCUT2D eigenvalue weighted by molar-refractivity contribution is 5.84. The highest BCUT2D eigenvalue weighted by Crippen LogP contribution is 2.39. The summed E-state index contributed by atoms with van der Waals surface area (Å²) >= 11 is 0. The van der Waals surface area contributed by atoms with E-state index in [0.29, 0.717) is 11.6 Å². The van der Waals surface area contributed by atoms with Crippen molar-refractivity contribution in [2.75, 3.05) is 0 Å². The van der Waals surface area contributed by atoms with E-state index in [4.69, 9.17) is 4.74 Å². The number of benzene rings is 2. The second-order valence-electron chi connectivity index (χ2n) is 4.87. The number of ether oxygens (including phenoxy) is 1. The third kappa shape index (κ3) is 2.98. The van der Waals surface area contributed by atoms with E-state index in [-0.39, 0.29) is 11.5 Å². The molecule has 0 aliphatic rings. The zero-order valence-electron chi connectivity index (χ0n) is 11.9. The number of nitro groups is 1. The molecule has 1 aromatic heterocycles. The minimum Gasteiger partial charge on any atom is -0.455 e. The van der Waals surface area contributed by atoms with Crippen molar-refractivity contribution < 1.29 is 22.8 Å². The summed E-state index contributed by atoms with van der Waals surface area (Å²) in [5.41, 5.74) is -1.91. The van der Waals surface area contributed by atoms with Crippen molar-refractivity contribution in [2.24, 2.45) is 0 Å². The fourth-order valence-electron chi connectivity index (χ4n) is 2.25. The lowest BCUT2D eigenvalue weighted by molar-refractivity contribution is -0.388. The molecule has 1 heterocycles. The molecule has 0 aliphatic carbocycles. The van der Waals surface area contributed by atoms with Gasteiger partial charge in [-0.15, -0.1) is 0 Å². The van der Waals surface area contributed by atoms with Crippen LogP contribution in [0.1, 0.15) is 5.56 Å². The van der Waals surface area contributed by atoms with Gasteiger partial charge in [-0.3, -0.25) is 15.1 Å². The van der Waals surface area contributed by atoms with Crippen molar-refractivity contribution in [3.63, 3.8) is 0 Å². The molecule has 0 saturated carbocycles. The van der Waals surface area contributed by atoms with Gasteiger partial charge in [-0.2, -0.15) is 13.2 Å². The Morgan fingerprint density at radius 3 is 2.54 bits per heavy atom. The number of pyridine rings is 1. The zero-order valence-corrected chi connectivity index (χ0v) is 11.9. The van der Waals surface area contributed by atoms with Gasteiger partial charge in [-0.25, -0.2) is 0 Å². The second-order valence-corrected chi connectivity index (χ2v) is 4.87. The van der Waals surface area contributed by atoms with Crippen LogP contribution in [0.15, 0.2) is 54.7 Å². The van der Waals surface area contributed by atoms with Crippen LogP contribution in [0.3, 0.4) is 0 Å². The zero-order chi connectivity index (χ0) is 17.3. The number of rotatable bonds is 3. The van der Waals surface area contributed by atoms with E-state index in [2.05, 4.69) is 4.98 Å². The highest BCUT2D eigenvalue weighted by atomic mass is 19.4. The molecule has 3 rings (SSSR count). The SMILES string of the molecule is O=[N+]([O-])c1ccc(Oc2cccc3cccnc23)cc1C(F)(F)F. The first-order valence-electron chi connectivity index (χ1n) is 6.73. The van der Waals surface area contributed by atoms with Crippen molar-refractivity contribution in [1.82, 2.24) is 4.98 Å². The summed E-state index contributed by atoms with van der Waals surface area (Å²) in [6, 6.07) is 11.0. The Kier molecular flexibility index (Phi) is 3.80. The Balaban J connectivity index is 2.06. The summed E-state index contributed by atoms with van der Waals surface area (Å²) in [5, 5.41) is 11.5. The van der Waals surface area contributed by atoms with Crippen LogP contribution in [-0.4, -0.2) is 9.91 Å². The van der Waals surface area contributed by atoms with E-state index in [0.717, 1.165) is 17.5 Å². The monoisotopic (exact) mass is 334 g/mol. The maximum absolute atomic E-state index is 13.0. The summed E-state index contributed by atoms with van der Waals surface area (Å²) in [4.78, 5) is 13.8. The van der Waals surface area contributed by atoms with Crippen LogP contribution in [0.25, 0.3) is 10.9 Å². The van der Waals surface area contributed by atoms with Gasteiger partial charge >= 0.3 is 6.18 Å². The molecule has 5 nitrogen and oxygen atoms in total. The van der Waals surface area contributed by atoms with Gasteiger partial charge in [-0.05, 0) is 24.3 Å². The molecule has 2 aromatic carbocycles. The van der Waals surface area contributed by atoms with E-state index in [1.54, 1.807) is 30.3 Å². The van der Waals surface area contributed by atoms with Crippen molar-refractivity contribution in [3.05, 3.63) is 70.4 Å². The Hall–Kier alpha value is -3.16. The molecule has 0 amide bonds. The normalized spacial score (nSPS) is 11.5. The molecule has 24 heavy (non-hydrogen) atoms. The molecule has 0 spiro atoms. The van der Waals surface area contributed by atoms with E-state index in [1.165, 1.54) is 6.20 Å². The Labute approximate surface area is 133 Å². The average molecular weight is 334 g/mol. The molecule has 3 aromatic rings. The molecule has 0 saturated heterocycles. The van der Waals surface area contributed by atoms with Crippen molar-refractivity contribution in [3.8, 4) is 11.5 Å². The van der Waals surface area contributed by atoms with Crippen molar-refractivity contribution >= 4 is 16.6 Å².